The van der Waals surface area contributed by atoms with E-state index in [2.05, 4.69) is 30.3 Å². The van der Waals surface area contributed by atoms with Gasteiger partial charge in [-0.15, -0.1) is 11.8 Å². The van der Waals surface area contributed by atoms with Gasteiger partial charge in [0, 0.05) is 4.90 Å². The Labute approximate surface area is 104 Å². The second kappa shape index (κ2) is 7.01. The molecule has 1 aliphatic rings. The minimum atomic E-state index is 1.05. The molecule has 0 saturated heterocycles. The number of benzene rings is 1. The van der Waals surface area contributed by atoms with E-state index in [1.165, 1.54) is 55.6 Å². The van der Waals surface area contributed by atoms with E-state index in [0.29, 0.717) is 0 Å². The summed E-state index contributed by atoms with van der Waals surface area (Å²) in [4.78, 5) is 1.42. The lowest BCUT2D eigenvalue weighted by Gasteiger charge is -2.21. The summed E-state index contributed by atoms with van der Waals surface area (Å²) in [6.45, 7) is 0. The highest BCUT2D eigenvalue weighted by Crippen LogP contribution is 2.28. The minimum absolute atomic E-state index is 1.05. The summed E-state index contributed by atoms with van der Waals surface area (Å²) < 4.78 is 0. The first-order chi connectivity index (χ1) is 7.95. The zero-order chi connectivity index (χ0) is 11.1. The third-order valence-corrected chi connectivity index (χ3v) is 4.59. The molecule has 0 N–H and O–H groups in total. The Kier molecular flexibility index (Phi) is 5.27. The Morgan fingerprint density at radius 3 is 2.50 bits per heavy atom. The van der Waals surface area contributed by atoms with Crippen LogP contribution in [0.2, 0.25) is 0 Å². The van der Waals surface area contributed by atoms with Gasteiger partial charge < -0.3 is 0 Å². The van der Waals surface area contributed by atoms with E-state index in [4.69, 9.17) is 0 Å². The molecule has 0 amide bonds. The van der Waals surface area contributed by atoms with Crippen LogP contribution in [-0.2, 0) is 0 Å². The van der Waals surface area contributed by atoms with E-state index in [9.17, 15) is 0 Å². The van der Waals surface area contributed by atoms with Crippen molar-refractivity contribution in [3.8, 4) is 0 Å². The highest BCUT2D eigenvalue weighted by Gasteiger charge is 2.12. The normalized spacial score (nSPS) is 17.5. The van der Waals surface area contributed by atoms with E-state index in [1.54, 1.807) is 0 Å². The molecular formula is C15H22S. The smallest absolute Gasteiger partial charge is 0.00719 e. The molecule has 1 saturated carbocycles. The topological polar surface area (TPSA) is 0 Å². The summed E-state index contributed by atoms with van der Waals surface area (Å²) in [6.07, 6.45) is 10.3. The van der Waals surface area contributed by atoms with Gasteiger partial charge in [0.25, 0.3) is 0 Å². The lowest BCUT2D eigenvalue weighted by atomic mass is 9.86. The Morgan fingerprint density at radius 1 is 1.00 bits per heavy atom. The first-order valence-electron chi connectivity index (χ1n) is 6.63. The number of hydrogen-bond acceptors (Lipinski definition) is 1. The van der Waals surface area contributed by atoms with Gasteiger partial charge in [0.2, 0.25) is 0 Å². The fourth-order valence-corrected chi connectivity index (χ4v) is 3.45. The van der Waals surface area contributed by atoms with Crippen molar-refractivity contribution in [2.75, 3.05) is 5.75 Å². The maximum atomic E-state index is 2.21. The summed E-state index contributed by atoms with van der Waals surface area (Å²) in [5, 5.41) is 0. The van der Waals surface area contributed by atoms with Gasteiger partial charge in [-0.1, -0.05) is 50.3 Å². The summed E-state index contributed by atoms with van der Waals surface area (Å²) in [5.74, 6) is 2.34. The molecular weight excluding hydrogens is 212 g/mol. The number of rotatable bonds is 5. The van der Waals surface area contributed by atoms with Gasteiger partial charge in [0.15, 0.2) is 0 Å². The second-order valence-corrected chi connectivity index (χ2v) is 5.98. The fraction of sp³-hybridized carbons (Fsp3) is 0.600. The van der Waals surface area contributed by atoms with E-state index in [1.807, 2.05) is 11.8 Å². The Balaban J connectivity index is 1.58. The summed E-state index contributed by atoms with van der Waals surface area (Å²) in [7, 11) is 0. The van der Waals surface area contributed by atoms with Crippen LogP contribution in [0.3, 0.4) is 0 Å². The van der Waals surface area contributed by atoms with Gasteiger partial charge in [-0.2, -0.15) is 0 Å². The molecule has 0 atom stereocenters. The predicted octanol–water partition coefficient (Wildman–Crippen LogP) is 5.14. The molecule has 0 aromatic heterocycles. The number of thioether (sulfide) groups is 1. The van der Waals surface area contributed by atoms with Crippen molar-refractivity contribution < 1.29 is 0 Å². The van der Waals surface area contributed by atoms with Crippen molar-refractivity contribution in [1.82, 2.24) is 0 Å². The Hall–Kier alpha value is -0.430. The van der Waals surface area contributed by atoms with Gasteiger partial charge in [-0.05, 0) is 36.6 Å². The molecule has 0 aliphatic heterocycles. The third-order valence-electron chi connectivity index (χ3n) is 3.49. The monoisotopic (exact) mass is 234 g/mol. The maximum absolute atomic E-state index is 2.21. The first kappa shape index (κ1) is 12.0. The molecule has 0 nitrogen and oxygen atoms in total. The standard InChI is InChI=1S/C15H22S/c1-3-8-14(9-4-1)10-7-13-16-15-11-5-2-6-12-15/h2,5-6,11-12,14H,1,3-4,7-10,13H2. The second-order valence-electron chi connectivity index (χ2n) is 4.81. The Morgan fingerprint density at radius 2 is 1.75 bits per heavy atom. The van der Waals surface area contributed by atoms with Crippen LogP contribution in [0.15, 0.2) is 35.2 Å². The molecule has 0 bridgehead atoms. The van der Waals surface area contributed by atoms with Crippen LogP contribution >= 0.6 is 11.8 Å². The quantitative estimate of drug-likeness (QED) is 0.502. The maximum Gasteiger partial charge on any atom is 0.00719 e. The molecule has 0 spiro atoms. The van der Waals surface area contributed by atoms with E-state index < -0.39 is 0 Å². The fourth-order valence-electron chi connectivity index (χ4n) is 2.55. The van der Waals surface area contributed by atoms with Crippen LogP contribution in [-0.4, -0.2) is 5.75 Å². The van der Waals surface area contributed by atoms with Crippen LogP contribution in [0.5, 0.6) is 0 Å². The molecule has 16 heavy (non-hydrogen) atoms. The molecule has 0 radical (unpaired) electrons. The zero-order valence-corrected chi connectivity index (χ0v) is 10.8. The predicted molar refractivity (Wildman–Crippen MR) is 73.0 cm³/mol. The molecule has 1 aromatic rings. The highest BCUT2D eigenvalue weighted by atomic mass is 32.2. The molecule has 2 rings (SSSR count). The van der Waals surface area contributed by atoms with E-state index in [-0.39, 0.29) is 0 Å². The largest absolute Gasteiger partial charge is 0.126 e. The molecule has 0 heterocycles. The van der Waals surface area contributed by atoms with Gasteiger partial charge in [-0.25, -0.2) is 0 Å². The van der Waals surface area contributed by atoms with Crippen molar-refractivity contribution in [2.45, 2.75) is 49.8 Å². The lowest BCUT2D eigenvalue weighted by molar-refractivity contribution is 0.337. The molecule has 1 aromatic carbocycles. The SMILES string of the molecule is c1ccc(SCCCC2CCCCC2)cc1. The van der Waals surface area contributed by atoms with Crippen molar-refractivity contribution >= 4 is 11.8 Å². The van der Waals surface area contributed by atoms with Gasteiger partial charge in [-0.3, -0.25) is 0 Å². The van der Waals surface area contributed by atoms with Crippen LogP contribution < -0.4 is 0 Å². The first-order valence-corrected chi connectivity index (χ1v) is 7.61. The van der Waals surface area contributed by atoms with Crippen LogP contribution in [0.1, 0.15) is 44.9 Å². The average molecular weight is 234 g/mol. The Bertz CT molecular complexity index is 275. The van der Waals surface area contributed by atoms with E-state index in [0.717, 1.165) is 5.92 Å². The summed E-state index contributed by atoms with van der Waals surface area (Å²) in [6, 6.07) is 10.8. The van der Waals surface area contributed by atoms with Gasteiger partial charge >= 0.3 is 0 Å². The van der Waals surface area contributed by atoms with Gasteiger partial charge in [0.05, 0.1) is 0 Å². The van der Waals surface area contributed by atoms with Crippen LogP contribution in [0.4, 0.5) is 0 Å². The van der Waals surface area contributed by atoms with E-state index >= 15 is 0 Å². The summed E-state index contributed by atoms with van der Waals surface area (Å²) in [5.41, 5.74) is 0. The molecule has 1 fully saturated rings. The summed E-state index contributed by atoms with van der Waals surface area (Å²) >= 11 is 2.01. The van der Waals surface area contributed by atoms with Crippen LogP contribution in [0.25, 0.3) is 0 Å². The minimum Gasteiger partial charge on any atom is -0.126 e. The van der Waals surface area contributed by atoms with Crippen molar-refractivity contribution in [3.05, 3.63) is 30.3 Å². The highest BCUT2D eigenvalue weighted by molar-refractivity contribution is 7.99. The van der Waals surface area contributed by atoms with Gasteiger partial charge in [0.1, 0.15) is 0 Å². The van der Waals surface area contributed by atoms with Crippen molar-refractivity contribution in [2.24, 2.45) is 5.92 Å². The molecule has 88 valence electrons. The third kappa shape index (κ3) is 4.21. The average Bonchev–Trinajstić information content (AvgIpc) is 2.37. The lowest BCUT2D eigenvalue weighted by Crippen LogP contribution is -2.06. The molecule has 1 aliphatic carbocycles. The molecule has 0 unspecified atom stereocenters. The zero-order valence-electron chi connectivity index (χ0n) is 10.0. The molecule has 1 heteroatoms. The number of hydrogen-bond donors (Lipinski definition) is 0. The van der Waals surface area contributed by atoms with Crippen molar-refractivity contribution in [1.29, 1.82) is 0 Å². The van der Waals surface area contributed by atoms with Crippen molar-refractivity contribution in [3.63, 3.8) is 0 Å². The van der Waals surface area contributed by atoms with Crippen LogP contribution in [0, 0.1) is 5.92 Å².